The number of rotatable bonds is 6. The van der Waals surface area contributed by atoms with Crippen LogP contribution >= 0.6 is 0 Å². The SMILES string of the molecule is Cc1cncc(COc2cccc(CNC(C)C)c2)c1. The third-order valence-corrected chi connectivity index (χ3v) is 2.95. The van der Waals surface area contributed by atoms with E-state index in [0.29, 0.717) is 12.6 Å². The van der Waals surface area contributed by atoms with E-state index in [0.717, 1.165) is 23.4 Å². The summed E-state index contributed by atoms with van der Waals surface area (Å²) in [7, 11) is 0. The van der Waals surface area contributed by atoms with E-state index >= 15 is 0 Å². The predicted octanol–water partition coefficient (Wildman–Crippen LogP) is 3.47. The van der Waals surface area contributed by atoms with Crippen LogP contribution in [0.3, 0.4) is 0 Å². The van der Waals surface area contributed by atoms with Gasteiger partial charge in [-0.3, -0.25) is 4.98 Å². The van der Waals surface area contributed by atoms with Crippen molar-refractivity contribution < 1.29 is 4.74 Å². The number of aryl methyl sites for hydroxylation is 1. The van der Waals surface area contributed by atoms with E-state index in [-0.39, 0.29) is 0 Å². The van der Waals surface area contributed by atoms with Crippen molar-refractivity contribution in [3.63, 3.8) is 0 Å². The highest BCUT2D eigenvalue weighted by atomic mass is 16.5. The lowest BCUT2D eigenvalue weighted by Crippen LogP contribution is -2.21. The van der Waals surface area contributed by atoms with E-state index in [9.17, 15) is 0 Å². The van der Waals surface area contributed by atoms with Crippen LogP contribution in [-0.2, 0) is 13.2 Å². The molecule has 0 bridgehead atoms. The number of nitrogens with zero attached hydrogens (tertiary/aromatic N) is 1. The van der Waals surface area contributed by atoms with Gasteiger partial charge in [-0.1, -0.05) is 26.0 Å². The van der Waals surface area contributed by atoms with Gasteiger partial charge in [-0.25, -0.2) is 0 Å². The summed E-state index contributed by atoms with van der Waals surface area (Å²) >= 11 is 0. The zero-order valence-corrected chi connectivity index (χ0v) is 12.4. The Morgan fingerprint density at radius 2 is 2.00 bits per heavy atom. The fourth-order valence-electron chi connectivity index (χ4n) is 1.93. The third kappa shape index (κ3) is 4.67. The van der Waals surface area contributed by atoms with Crippen LogP contribution < -0.4 is 10.1 Å². The molecular formula is C17H22N2O. The second-order valence-corrected chi connectivity index (χ2v) is 5.34. The number of pyridine rings is 1. The molecule has 1 N–H and O–H groups in total. The molecule has 0 atom stereocenters. The molecule has 1 aromatic carbocycles. The van der Waals surface area contributed by atoms with Crippen LogP contribution in [0.25, 0.3) is 0 Å². The van der Waals surface area contributed by atoms with Gasteiger partial charge in [0.15, 0.2) is 0 Å². The Labute approximate surface area is 121 Å². The van der Waals surface area contributed by atoms with Crippen molar-refractivity contribution >= 4 is 0 Å². The second kappa shape index (κ2) is 7.06. The monoisotopic (exact) mass is 270 g/mol. The van der Waals surface area contributed by atoms with Gasteiger partial charge in [0.25, 0.3) is 0 Å². The summed E-state index contributed by atoms with van der Waals surface area (Å²) in [4.78, 5) is 4.17. The fraction of sp³-hybridized carbons (Fsp3) is 0.353. The van der Waals surface area contributed by atoms with Gasteiger partial charge in [0.2, 0.25) is 0 Å². The topological polar surface area (TPSA) is 34.1 Å². The summed E-state index contributed by atoms with van der Waals surface area (Å²) in [6, 6.07) is 10.8. The summed E-state index contributed by atoms with van der Waals surface area (Å²) in [5, 5.41) is 3.40. The molecule has 106 valence electrons. The fourth-order valence-corrected chi connectivity index (χ4v) is 1.93. The molecule has 0 aliphatic carbocycles. The summed E-state index contributed by atoms with van der Waals surface area (Å²) in [5.41, 5.74) is 3.48. The minimum atomic E-state index is 0.484. The maximum Gasteiger partial charge on any atom is 0.120 e. The largest absolute Gasteiger partial charge is 0.489 e. The van der Waals surface area contributed by atoms with E-state index in [1.54, 1.807) is 0 Å². The maximum atomic E-state index is 5.83. The minimum absolute atomic E-state index is 0.484. The van der Waals surface area contributed by atoms with Crippen LogP contribution in [0.4, 0.5) is 0 Å². The van der Waals surface area contributed by atoms with Gasteiger partial charge in [0, 0.05) is 30.5 Å². The normalized spacial score (nSPS) is 10.8. The molecule has 0 aliphatic heterocycles. The molecule has 3 heteroatoms. The van der Waals surface area contributed by atoms with Crippen LogP contribution in [0.2, 0.25) is 0 Å². The van der Waals surface area contributed by atoms with Crippen LogP contribution in [0.1, 0.15) is 30.5 Å². The number of ether oxygens (including phenoxy) is 1. The Morgan fingerprint density at radius 3 is 2.75 bits per heavy atom. The number of nitrogens with one attached hydrogen (secondary N) is 1. The van der Waals surface area contributed by atoms with E-state index in [1.165, 1.54) is 5.56 Å². The van der Waals surface area contributed by atoms with Crippen molar-refractivity contribution in [2.24, 2.45) is 0 Å². The quantitative estimate of drug-likeness (QED) is 0.872. The van der Waals surface area contributed by atoms with E-state index in [4.69, 9.17) is 4.74 Å². The zero-order chi connectivity index (χ0) is 14.4. The Kier molecular flexibility index (Phi) is 5.13. The lowest BCUT2D eigenvalue weighted by Gasteiger charge is -2.10. The maximum absolute atomic E-state index is 5.83. The molecule has 0 aliphatic rings. The Hall–Kier alpha value is -1.87. The number of aromatic nitrogens is 1. The van der Waals surface area contributed by atoms with Gasteiger partial charge in [-0.05, 0) is 36.2 Å². The Bertz CT molecular complexity index is 552. The van der Waals surface area contributed by atoms with Crippen LogP contribution in [0.5, 0.6) is 5.75 Å². The minimum Gasteiger partial charge on any atom is -0.489 e. The molecule has 0 saturated heterocycles. The van der Waals surface area contributed by atoms with Crippen molar-refractivity contribution in [2.45, 2.75) is 40.0 Å². The molecule has 2 rings (SSSR count). The summed E-state index contributed by atoms with van der Waals surface area (Å²) < 4.78 is 5.83. The average Bonchev–Trinajstić information content (AvgIpc) is 2.43. The Morgan fingerprint density at radius 1 is 1.15 bits per heavy atom. The lowest BCUT2D eigenvalue weighted by atomic mass is 10.2. The van der Waals surface area contributed by atoms with Crippen LogP contribution in [0, 0.1) is 6.92 Å². The average molecular weight is 270 g/mol. The molecule has 0 saturated carbocycles. The highest BCUT2D eigenvalue weighted by Gasteiger charge is 2.00. The van der Waals surface area contributed by atoms with Crippen molar-refractivity contribution in [1.82, 2.24) is 10.3 Å². The summed E-state index contributed by atoms with van der Waals surface area (Å²) in [6.07, 6.45) is 3.69. The van der Waals surface area contributed by atoms with Crippen molar-refractivity contribution in [3.05, 3.63) is 59.4 Å². The molecule has 0 unspecified atom stereocenters. The van der Waals surface area contributed by atoms with E-state index < -0.39 is 0 Å². The van der Waals surface area contributed by atoms with Gasteiger partial charge < -0.3 is 10.1 Å². The molecule has 0 spiro atoms. The zero-order valence-electron chi connectivity index (χ0n) is 12.4. The predicted molar refractivity (Wildman–Crippen MR) is 81.7 cm³/mol. The molecule has 20 heavy (non-hydrogen) atoms. The highest BCUT2D eigenvalue weighted by Crippen LogP contribution is 2.15. The number of hydrogen-bond donors (Lipinski definition) is 1. The first-order valence-corrected chi connectivity index (χ1v) is 6.99. The molecule has 2 aromatic rings. The molecule has 0 amide bonds. The van der Waals surface area contributed by atoms with Gasteiger partial charge in [-0.15, -0.1) is 0 Å². The lowest BCUT2D eigenvalue weighted by molar-refractivity contribution is 0.305. The summed E-state index contributed by atoms with van der Waals surface area (Å²) in [6.45, 7) is 7.74. The smallest absolute Gasteiger partial charge is 0.120 e. The van der Waals surface area contributed by atoms with E-state index in [2.05, 4.69) is 42.3 Å². The van der Waals surface area contributed by atoms with Gasteiger partial charge >= 0.3 is 0 Å². The van der Waals surface area contributed by atoms with Crippen LogP contribution in [-0.4, -0.2) is 11.0 Å². The highest BCUT2D eigenvalue weighted by molar-refractivity contribution is 5.29. The first kappa shape index (κ1) is 14.5. The first-order chi connectivity index (χ1) is 9.63. The molecule has 1 aromatic heterocycles. The van der Waals surface area contributed by atoms with Crippen molar-refractivity contribution in [1.29, 1.82) is 0 Å². The van der Waals surface area contributed by atoms with Crippen molar-refractivity contribution in [3.8, 4) is 5.75 Å². The van der Waals surface area contributed by atoms with Gasteiger partial charge in [-0.2, -0.15) is 0 Å². The third-order valence-electron chi connectivity index (χ3n) is 2.95. The molecular weight excluding hydrogens is 248 g/mol. The summed E-state index contributed by atoms with van der Waals surface area (Å²) in [5.74, 6) is 0.898. The standard InChI is InChI=1S/C17H22N2O/c1-13(2)19-11-15-5-4-6-17(8-15)20-12-16-7-14(3)9-18-10-16/h4-10,13,19H,11-12H2,1-3H3. The number of benzene rings is 1. The molecule has 0 radical (unpaired) electrons. The molecule has 0 fully saturated rings. The van der Waals surface area contributed by atoms with E-state index in [1.807, 2.05) is 31.5 Å². The molecule has 1 heterocycles. The Balaban J connectivity index is 1.94. The van der Waals surface area contributed by atoms with Crippen molar-refractivity contribution in [2.75, 3.05) is 0 Å². The second-order valence-electron chi connectivity index (χ2n) is 5.34. The number of hydrogen-bond acceptors (Lipinski definition) is 3. The van der Waals surface area contributed by atoms with Gasteiger partial charge in [0.05, 0.1) is 0 Å². The first-order valence-electron chi connectivity index (χ1n) is 6.99. The van der Waals surface area contributed by atoms with Crippen LogP contribution in [0.15, 0.2) is 42.7 Å². The molecule has 3 nitrogen and oxygen atoms in total. The van der Waals surface area contributed by atoms with Gasteiger partial charge in [0.1, 0.15) is 12.4 Å².